The largest absolute Gasteiger partial charge is 0.463 e. The smallest absolute Gasteiger partial charge is 0.333 e. The molecule has 0 radical (unpaired) electrons. The van der Waals surface area contributed by atoms with Crippen molar-refractivity contribution in [1.82, 2.24) is 15.5 Å². The Morgan fingerprint density at radius 2 is 1.61 bits per heavy atom. The Kier molecular flexibility index (Phi) is 11.8. The number of hydrogen-bond acceptors (Lipinski definition) is 5. The first-order valence-corrected chi connectivity index (χ1v) is 12.9. The van der Waals surface area contributed by atoms with E-state index in [1.165, 1.54) is 0 Å². The number of hydrogen-bond donors (Lipinski definition) is 2. The molecule has 0 fully saturated rings. The molecule has 1 rings (SSSR count). The van der Waals surface area contributed by atoms with Crippen LogP contribution in [0.5, 0.6) is 0 Å². The zero-order chi connectivity index (χ0) is 27.7. The average Bonchev–Trinajstić information content (AvgIpc) is 2.81. The van der Waals surface area contributed by atoms with Crippen molar-refractivity contribution in [3.8, 4) is 0 Å². The molecule has 3 atom stereocenters. The fourth-order valence-electron chi connectivity index (χ4n) is 4.38. The van der Waals surface area contributed by atoms with Gasteiger partial charge in [-0.15, -0.1) is 0 Å². The van der Waals surface area contributed by atoms with E-state index in [1.807, 2.05) is 71.9 Å². The third kappa shape index (κ3) is 8.19. The molecule has 0 aliphatic rings. The maximum atomic E-state index is 13.8. The van der Waals surface area contributed by atoms with Crippen molar-refractivity contribution in [1.29, 1.82) is 0 Å². The second-order valence-corrected chi connectivity index (χ2v) is 11.0. The van der Waals surface area contributed by atoms with Crippen LogP contribution >= 0.6 is 0 Å². The normalized spacial score (nSPS) is 15.0. The van der Waals surface area contributed by atoms with Gasteiger partial charge in [0.1, 0.15) is 6.04 Å². The number of rotatable bonds is 12. The molecule has 0 saturated heterocycles. The Hall–Kier alpha value is -2.67. The van der Waals surface area contributed by atoms with E-state index in [-0.39, 0.29) is 23.8 Å². The summed E-state index contributed by atoms with van der Waals surface area (Å²) in [6, 6.07) is 8.26. The van der Waals surface area contributed by atoms with Gasteiger partial charge in [0.15, 0.2) is 0 Å². The van der Waals surface area contributed by atoms with E-state index in [9.17, 15) is 14.4 Å². The van der Waals surface area contributed by atoms with Gasteiger partial charge in [0.25, 0.3) is 0 Å². The van der Waals surface area contributed by atoms with E-state index < -0.39 is 22.9 Å². The zero-order valence-electron chi connectivity index (χ0n) is 23.9. The van der Waals surface area contributed by atoms with Crippen LogP contribution in [0.1, 0.15) is 73.8 Å². The molecular formula is C29H47N3O4. The number of benzene rings is 1. The topological polar surface area (TPSA) is 87.7 Å². The van der Waals surface area contributed by atoms with Crippen molar-refractivity contribution >= 4 is 17.8 Å². The molecule has 0 unspecified atom stereocenters. The lowest BCUT2D eigenvalue weighted by Gasteiger charge is -2.39. The first-order chi connectivity index (χ1) is 16.7. The Morgan fingerprint density at radius 1 is 1.03 bits per heavy atom. The van der Waals surface area contributed by atoms with Crippen molar-refractivity contribution in [3.63, 3.8) is 0 Å². The number of nitrogens with one attached hydrogen (secondary N) is 2. The molecule has 0 heterocycles. The Labute approximate surface area is 218 Å². The standard InChI is InChI=1S/C29H47N3O4/c1-11-16-22(19-20(3)27(35)36-12-2)32(10)26(34)24(28(4,5)6)31-25(33)23(30-9)29(7,8)21-17-14-13-15-18-21/h13-15,17-19,22-24,30H,11-12,16H2,1-10H3,(H,31,33)/t22-,23+,24+/m0/s1. The highest BCUT2D eigenvalue weighted by Crippen LogP contribution is 2.29. The lowest BCUT2D eigenvalue weighted by Crippen LogP contribution is -2.61. The van der Waals surface area contributed by atoms with Crippen LogP contribution in [0.4, 0.5) is 0 Å². The van der Waals surface area contributed by atoms with Gasteiger partial charge in [-0.05, 0) is 38.3 Å². The lowest BCUT2D eigenvalue weighted by molar-refractivity contribution is -0.140. The lowest BCUT2D eigenvalue weighted by atomic mass is 9.76. The van der Waals surface area contributed by atoms with Crippen LogP contribution in [-0.4, -0.2) is 61.5 Å². The first kappa shape index (κ1) is 31.4. The zero-order valence-corrected chi connectivity index (χ0v) is 23.9. The highest BCUT2D eigenvalue weighted by molar-refractivity contribution is 5.92. The second kappa shape index (κ2) is 13.6. The van der Waals surface area contributed by atoms with Crippen LogP contribution in [0.25, 0.3) is 0 Å². The SMILES string of the molecule is CCC[C@@H](C=C(C)C(=O)OCC)N(C)C(=O)[C@@H](NC(=O)[C@@H](NC)C(C)(C)c1ccccc1)C(C)(C)C. The highest BCUT2D eigenvalue weighted by atomic mass is 16.5. The summed E-state index contributed by atoms with van der Waals surface area (Å²) in [5.41, 5.74) is 0.443. The minimum Gasteiger partial charge on any atom is -0.463 e. The van der Waals surface area contributed by atoms with Crippen LogP contribution in [0.15, 0.2) is 42.0 Å². The van der Waals surface area contributed by atoms with Crippen molar-refractivity contribution in [2.45, 2.75) is 91.8 Å². The summed E-state index contributed by atoms with van der Waals surface area (Å²) < 4.78 is 5.11. The number of carbonyl (C=O) groups is 3. The molecule has 2 N–H and O–H groups in total. The van der Waals surface area contributed by atoms with Crippen LogP contribution in [0.2, 0.25) is 0 Å². The fraction of sp³-hybridized carbons (Fsp3) is 0.621. The molecule has 202 valence electrons. The summed E-state index contributed by atoms with van der Waals surface area (Å²) in [5.74, 6) is -0.826. The summed E-state index contributed by atoms with van der Waals surface area (Å²) in [6.07, 6.45) is 3.30. The van der Waals surface area contributed by atoms with Gasteiger partial charge in [-0.2, -0.15) is 0 Å². The third-order valence-electron chi connectivity index (χ3n) is 6.66. The van der Waals surface area contributed by atoms with Gasteiger partial charge >= 0.3 is 5.97 Å². The molecule has 0 aromatic heterocycles. The van der Waals surface area contributed by atoms with Gasteiger partial charge in [0.05, 0.1) is 18.7 Å². The summed E-state index contributed by atoms with van der Waals surface area (Å²) in [7, 11) is 3.49. The average molecular weight is 502 g/mol. The first-order valence-electron chi connectivity index (χ1n) is 12.9. The van der Waals surface area contributed by atoms with Crippen LogP contribution in [-0.2, 0) is 24.5 Å². The maximum absolute atomic E-state index is 13.8. The van der Waals surface area contributed by atoms with Crippen LogP contribution in [0, 0.1) is 5.41 Å². The van der Waals surface area contributed by atoms with Crippen molar-refractivity contribution < 1.29 is 19.1 Å². The van der Waals surface area contributed by atoms with Gasteiger partial charge < -0.3 is 20.3 Å². The molecule has 0 bridgehead atoms. The van der Waals surface area contributed by atoms with Gasteiger partial charge in [0.2, 0.25) is 11.8 Å². The second-order valence-electron chi connectivity index (χ2n) is 11.0. The molecule has 36 heavy (non-hydrogen) atoms. The molecular weight excluding hydrogens is 454 g/mol. The quantitative estimate of drug-likeness (QED) is 0.331. The van der Waals surface area contributed by atoms with Crippen LogP contribution in [0.3, 0.4) is 0 Å². The number of ether oxygens (including phenoxy) is 1. The van der Waals surface area contributed by atoms with E-state index in [4.69, 9.17) is 4.74 Å². The number of carbonyl (C=O) groups excluding carboxylic acids is 3. The third-order valence-corrected chi connectivity index (χ3v) is 6.66. The van der Waals surface area contributed by atoms with E-state index in [1.54, 1.807) is 38.9 Å². The van der Waals surface area contributed by atoms with Crippen molar-refractivity contribution in [3.05, 3.63) is 47.5 Å². The summed E-state index contributed by atoms with van der Waals surface area (Å²) in [4.78, 5) is 41.2. The van der Waals surface area contributed by atoms with Crippen molar-refractivity contribution in [2.75, 3.05) is 20.7 Å². The van der Waals surface area contributed by atoms with Gasteiger partial charge in [-0.25, -0.2) is 4.79 Å². The van der Waals surface area contributed by atoms with Gasteiger partial charge in [0, 0.05) is 18.0 Å². The number of amides is 2. The van der Waals surface area contributed by atoms with E-state index in [0.717, 1.165) is 12.0 Å². The van der Waals surface area contributed by atoms with E-state index in [2.05, 4.69) is 10.6 Å². The Morgan fingerprint density at radius 3 is 2.08 bits per heavy atom. The fourth-order valence-corrected chi connectivity index (χ4v) is 4.38. The minimum atomic E-state index is -0.756. The highest BCUT2D eigenvalue weighted by Gasteiger charge is 2.41. The summed E-state index contributed by atoms with van der Waals surface area (Å²) >= 11 is 0. The molecule has 1 aromatic rings. The summed E-state index contributed by atoms with van der Waals surface area (Å²) in [6.45, 7) is 15.6. The number of esters is 1. The van der Waals surface area contributed by atoms with E-state index >= 15 is 0 Å². The molecule has 2 amide bonds. The summed E-state index contributed by atoms with van der Waals surface area (Å²) in [5, 5.41) is 6.21. The monoisotopic (exact) mass is 501 g/mol. The molecule has 0 aliphatic carbocycles. The molecule has 7 heteroatoms. The van der Waals surface area contributed by atoms with Crippen molar-refractivity contribution in [2.24, 2.45) is 5.41 Å². The number of likely N-dealkylation sites (N-methyl/N-ethyl adjacent to an activating group) is 2. The molecule has 0 spiro atoms. The predicted octanol–water partition coefficient (Wildman–Crippen LogP) is 4.22. The van der Waals surface area contributed by atoms with E-state index in [0.29, 0.717) is 18.6 Å². The molecule has 0 aliphatic heterocycles. The van der Waals surface area contributed by atoms with Gasteiger partial charge in [-0.1, -0.05) is 84.4 Å². The maximum Gasteiger partial charge on any atom is 0.333 e. The van der Waals surface area contributed by atoms with Gasteiger partial charge in [-0.3, -0.25) is 9.59 Å². The molecule has 1 aromatic carbocycles. The Bertz CT molecular complexity index is 903. The molecule has 0 saturated carbocycles. The predicted molar refractivity (Wildman–Crippen MR) is 146 cm³/mol. The minimum absolute atomic E-state index is 0.199. The Balaban J connectivity index is 3.25. The number of nitrogens with zero attached hydrogens (tertiary/aromatic N) is 1. The van der Waals surface area contributed by atoms with Crippen LogP contribution < -0.4 is 10.6 Å². The molecule has 7 nitrogen and oxygen atoms in total.